The van der Waals surface area contributed by atoms with Gasteiger partial charge in [-0.05, 0) is 104 Å². The standard InChI is InChI=1S/C47H74O15/c1-12-23(2)43(51)60-35-20-32-31(47(52)18-16-30(24(3)48)46(35,47)8)14-13-28-19-29(15-17-45(28,32)7)59-36-21-33(53-9)40(26(5)56-36)61-37-22-34(54-10)41(27(6)57-37)62-44-39(50)42(55-11)38(49)25(4)58-44/h12-13,25-27,29-42,44,49-50,52H,14-22H2,1-11H3/b23-12+/t25-,26-,27-,29+,30-,31-,32+,33+,34+,35-,36+,37+,38+,39-,40-,41-,42+,44-,45+,46+,47+/m1/s1. The lowest BCUT2D eigenvalue weighted by Crippen LogP contribution is -2.66. The van der Waals surface area contributed by atoms with E-state index in [1.807, 2.05) is 27.7 Å². The van der Waals surface area contributed by atoms with E-state index in [1.54, 1.807) is 41.1 Å². The molecule has 0 unspecified atom stereocenters. The van der Waals surface area contributed by atoms with Gasteiger partial charge in [-0.3, -0.25) is 4.79 Å². The number of hydrogen-bond donors (Lipinski definition) is 3. The number of rotatable bonds is 12. The second-order valence-electron chi connectivity index (χ2n) is 19.8. The van der Waals surface area contributed by atoms with Crippen LogP contribution in [0.15, 0.2) is 23.3 Å². The van der Waals surface area contributed by atoms with Crippen LogP contribution in [0, 0.1) is 28.6 Å². The van der Waals surface area contributed by atoms with Gasteiger partial charge in [0, 0.05) is 51.1 Å². The van der Waals surface area contributed by atoms with E-state index in [9.17, 15) is 24.9 Å². The molecule has 0 radical (unpaired) electrons. The number of ketones is 1. The van der Waals surface area contributed by atoms with Crippen LogP contribution in [0.25, 0.3) is 0 Å². The number of aliphatic hydroxyl groups is 3. The first kappa shape index (κ1) is 48.1. The third-order valence-electron chi connectivity index (χ3n) is 16.6. The maximum atomic E-state index is 13.3. The molecule has 0 bridgehead atoms. The molecule has 0 aromatic rings. The number of methoxy groups -OCH3 is 3. The molecule has 352 valence electrons. The zero-order chi connectivity index (χ0) is 45.1. The van der Waals surface area contributed by atoms with E-state index in [0.717, 1.165) is 19.3 Å². The van der Waals surface area contributed by atoms with Gasteiger partial charge in [0.15, 0.2) is 18.9 Å². The van der Waals surface area contributed by atoms with Crippen LogP contribution in [0.4, 0.5) is 0 Å². The molecule has 15 heteroatoms. The van der Waals surface area contributed by atoms with E-state index in [0.29, 0.717) is 44.1 Å². The van der Waals surface area contributed by atoms with E-state index in [-0.39, 0.29) is 41.2 Å². The summed E-state index contributed by atoms with van der Waals surface area (Å²) in [7, 11) is 4.68. The second kappa shape index (κ2) is 18.8. The lowest BCUT2D eigenvalue weighted by Gasteiger charge is -2.63. The smallest absolute Gasteiger partial charge is 0.333 e. The molecule has 3 N–H and O–H groups in total. The van der Waals surface area contributed by atoms with E-state index in [2.05, 4.69) is 13.0 Å². The predicted molar refractivity (Wildman–Crippen MR) is 223 cm³/mol. The quantitative estimate of drug-likeness (QED) is 0.139. The summed E-state index contributed by atoms with van der Waals surface area (Å²) in [5.41, 5.74) is -0.439. The minimum Gasteiger partial charge on any atom is -0.458 e. The summed E-state index contributed by atoms with van der Waals surface area (Å²) < 4.78 is 61.8. The Morgan fingerprint density at radius 2 is 1.40 bits per heavy atom. The highest BCUT2D eigenvalue weighted by molar-refractivity contribution is 5.88. The van der Waals surface area contributed by atoms with Crippen molar-refractivity contribution in [1.82, 2.24) is 0 Å². The van der Waals surface area contributed by atoms with Crippen LogP contribution in [0.1, 0.15) is 113 Å². The third kappa shape index (κ3) is 8.42. The largest absolute Gasteiger partial charge is 0.458 e. The van der Waals surface area contributed by atoms with Crippen molar-refractivity contribution < 1.29 is 72.3 Å². The molecule has 15 nitrogen and oxygen atoms in total. The Bertz CT molecular complexity index is 1670. The number of esters is 1. The number of hydrogen-bond acceptors (Lipinski definition) is 15. The van der Waals surface area contributed by atoms with Gasteiger partial charge in [-0.15, -0.1) is 0 Å². The van der Waals surface area contributed by atoms with Gasteiger partial charge in [0.25, 0.3) is 0 Å². The fourth-order valence-corrected chi connectivity index (χ4v) is 12.8. The Labute approximate surface area is 367 Å². The molecule has 7 rings (SSSR count). The molecule has 3 saturated carbocycles. The first-order valence-electron chi connectivity index (χ1n) is 23.0. The average Bonchev–Trinajstić information content (AvgIpc) is 3.53. The summed E-state index contributed by atoms with van der Waals surface area (Å²) >= 11 is 0. The first-order chi connectivity index (χ1) is 29.3. The van der Waals surface area contributed by atoms with Crippen molar-refractivity contribution in [1.29, 1.82) is 0 Å². The number of carbonyl (C=O) groups excluding carboxylic acids is 2. The third-order valence-corrected chi connectivity index (χ3v) is 16.6. The van der Waals surface area contributed by atoms with Gasteiger partial charge in [-0.25, -0.2) is 4.79 Å². The number of ether oxygens (including phenoxy) is 10. The van der Waals surface area contributed by atoms with Gasteiger partial charge < -0.3 is 62.7 Å². The zero-order valence-corrected chi connectivity index (χ0v) is 38.7. The molecular formula is C47H74O15. The minimum atomic E-state index is -1.22. The molecule has 3 aliphatic heterocycles. The van der Waals surface area contributed by atoms with Gasteiger partial charge >= 0.3 is 5.97 Å². The number of Topliss-reactive ketones (excluding diaryl/α,β-unsaturated/α-hetero) is 1. The molecule has 4 aliphatic carbocycles. The van der Waals surface area contributed by atoms with Crippen LogP contribution in [-0.4, -0.2) is 146 Å². The highest BCUT2D eigenvalue weighted by Crippen LogP contribution is 2.68. The Morgan fingerprint density at radius 3 is 2.00 bits per heavy atom. The van der Waals surface area contributed by atoms with Crippen molar-refractivity contribution in [3.63, 3.8) is 0 Å². The van der Waals surface area contributed by atoms with Crippen molar-refractivity contribution >= 4 is 11.8 Å². The van der Waals surface area contributed by atoms with Crippen LogP contribution < -0.4 is 0 Å². The topological polar surface area (TPSA) is 187 Å². The molecule has 3 heterocycles. The van der Waals surface area contributed by atoms with Crippen molar-refractivity contribution in [3.05, 3.63) is 23.3 Å². The highest BCUT2D eigenvalue weighted by Gasteiger charge is 2.71. The van der Waals surface area contributed by atoms with Gasteiger partial charge in [0.1, 0.15) is 42.4 Å². The predicted octanol–water partition coefficient (Wildman–Crippen LogP) is 4.69. The number of carbonyl (C=O) groups is 2. The maximum Gasteiger partial charge on any atom is 0.333 e. The summed E-state index contributed by atoms with van der Waals surface area (Å²) in [5.74, 6) is -0.727. The zero-order valence-electron chi connectivity index (χ0n) is 38.7. The summed E-state index contributed by atoms with van der Waals surface area (Å²) in [4.78, 5) is 26.4. The van der Waals surface area contributed by atoms with E-state index >= 15 is 0 Å². The van der Waals surface area contributed by atoms with Crippen molar-refractivity contribution in [2.75, 3.05) is 21.3 Å². The molecule has 3 saturated heterocycles. The van der Waals surface area contributed by atoms with Crippen LogP contribution in [0.3, 0.4) is 0 Å². The van der Waals surface area contributed by atoms with E-state index < -0.39 is 96.9 Å². The molecule has 0 amide bonds. The average molecular weight is 879 g/mol. The molecule has 0 aromatic heterocycles. The molecule has 7 aliphatic rings. The van der Waals surface area contributed by atoms with Gasteiger partial charge in [0.2, 0.25) is 0 Å². The molecule has 62 heavy (non-hydrogen) atoms. The van der Waals surface area contributed by atoms with Crippen LogP contribution in [-0.2, 0) is 57.0 Å². The summed E-state index contributed by atoms with van der Waals surface area (Å²) in [6.45, 7) is 15.0. The second-order valence-corrected chi connectivity index (χ2v) is 19.8. The van der Waals surface area contributed by atoms with Crippen molar-refractivity contribution in [2.24, 2.45) is 28.6 Å². The van der Waals surface area contributed by atoms with Crippen molar-refractivity contribution in [2.45, 2.75) is 211 Å². The van der Waals surface area contributed by atoms with Gasteiger partial charge in [-0.2, -0.15) is 0 Å². The van der Waals surface area contributed by atoms with Gasteiger partial charge in [-0.1, -0.05) is 31.6 Å². The van der Waals surface area contributed by atoms with E-state index in [1.165, 1.54) is 12.7 Å². The molecule has 21 atom stereocenters. The molecule has 0 aromatic carbocycles. The number of aliphatic hydroxyl groups excluding tert-OH is 2. The molecule has 6 fully saturated rings. The van der Waals surface area contributed by atoms with Crippen LogP contribution in [0.2, 0.25) is 0 Å². The van der Waals surface area contributed by atoms with Gasteiger partial charge in [0.05, 0.1) is 42.2 Å². The number of fused-ring (bicyclic) bond motifs is 5. The molecular weight excluding hydrogens is 805 g/mol. The molecule has 0 spiro atoms. The summed E-state index contributed by atoms with van der Waals surface area (Å²) in [6, 6.07) is 0. The lowest BCUT2D eigenvalue weighted by molar-refractivity contribution is -0.352. The maximum absolute atomic E-state index is 13.3. The minimum absolute atomic E-state index is 0.0391. The van der Waals surface area contributed by atoms with Crippen molar-refractivity contribution in [3.8, 4) is 0 Å². The van der Waals surface area contributed by atoms with Crippen LogP contribution in [0.5, 0.6) is 0 Å². The Balaban J connectivity index is 0.980. The number of allylic oxidation sites excluding steroid dienone is 2. The Hall–Kier alpha value is -1.86. The monoisotopic (exact) mass is 879 g/mol. The lowest BCUT2D eigenvalue weighted by atomic mass is 9.45. The SMILES string of the molecule is C/C=C(\C)C(=O)O[C@@H]1C[C@H]2[C@@H](CC=C3C[C@@H](O[C@H]4C[C@H](OC)[C@H](O[C@H]5C[C@H](OC)[C@H](O[C@H]6O[C@H](C)[C@H](O)[C@H](OC)[C@H]6O)[C@@H](C)O5)[C@@H](C)O4)CC[C@@]32C)[C@@]2(O)CC[C@H](C(C)=O)[C@@]12C. The first-order valence-corrected chi connectivity index (χ1v) is 23.0. The van der Waals surface area contributed by atoms with E-state index in [4.69, 9.17) is 47.4 Å². The fourth-order valence-electron chi connectivity index (χ4n) is 12.8. The summed E-state index contributed by atoms with van der Waals surface area (Å²) in [6.07, 6.45) is 0.173. The highest BCUT2D eigenvalue weighted by atomic mass is 16.8. The van der Waals surface area contributed by atoms with Crippen LogP contribution >= 0.6 is 0 Å². The Morgan fingerprint density at radius 1 is 0.774 bits per heavy atom. The summed E-state index contributed by atoms with van der Waals surface area (Å²) in [5, 5.41) is 34.1. The fraction of sp³-hybridized carbons (Fsp3) is 0.872. The normalized spacial score (nSPS) is 49.6. The Kier molecular flexibility index (Phi) is 14.6.